The fourth-order valence-corrected chi connectivity index (χ4v) is 3.02. The highest BCUT2D eigenvalue weighted by atomic mass is 35.5. The van der Waals surface area contributed by atoms with Crippen LogP contribution in [0, 0.1) is 6.92 Å². The lowest BCUT2D eigenvalue weighted by Crippen LogP contribution is -2.42. The molecule has 116 valence electrons. The van der Waals surface area contributed by atoms with E-state index in [2.05, 4.69) is 6.92 Å². The minimum Gasteiger partial charge on any atom is -0.493 e. The Hall–Kier alpha value is -1.22. The van der Waals surface area contributed by atoms with Gasteiger partial charge in [0.25, 0.3) is 0 Å². The number of carbonyl (C=O) groups is 1. The lowest BCUT2D eigenvalue weighted by atomic mass is 10.0. The number of rotatable bonds is 5. The summed E-state index contributed by atoms with van der Waals surface area (Å²) in [7, 11) is 0. The molecule has 1 fully saturated rings. The average molecular weight is 310 g/mol. The molecule has 1 atom stereocenters. The summed E-state index contributed by atoms with van der Waals surface area (Å²) >= 11 is 5.91. The van der Waals surface area contributed by atoms with Gasteiger partial charge in [-0.1, -0.05) is 11.6 Å². The summed E-state index contributed by atoms with van der Waals surface area (Å²) in [4.78, 5) is 14.2. The normalized spacial score (nSPS) is 18.6. The molecule has 0 spiro atoms. The summed E-state index contributed by atoms with van der Waals surface area (Å²) in [5.74, 6) is 1.11. The molecule has 4 heteroatoms. The van der Waals surface area contributed by atoms with E-state index in [9.17, 15) is 4.79 Å². The van der Waals surface area contributed by atoms with Crippen molar-refractivity contribution in [2.75, 3.05) is 13.2 Å². The number of nitrogens with zero attached hydrogens (tertiary/aromatic N) is 1. The first-order chi connectivity index (χ1) is 10.1. The standard InChI is InChI=1S/C17H24ClNO2/c1-13-12-15(18)8-9-16(13)21-11-5-7-17(20)19-10-4-3-6-14(19)2/h8-9,12,14H,3-7,10-11H2,1-2H3. The van der Waals surface area contributed by atoms with E-state index in [0.29, 0.717) is 24.1 Å². The molecule has 1 aliphatic heterocycles. The van der Waals surface area contributed by atoms with Crippen LogP contribution >= 0.6 is 11.6 Å². The minimum atomic E-state index is 0.263. The van der Waals surface area contributed by atoms with Gasteiger partial charge in [-0.05, 0) is 63.3 Å². The Kier molecular flexibility index (Phi) is 5.92. The van der Waals surface area contributed by atoms with Gasteiger partial charge in [0.15, 0.2) is 0 Å². The molecule has 0 radical (unpaired) electrons. The van der Waals surface area contributed by atoms with Crippen LogP contribution in [0.5, 0.6) is 5.75 Å². The first-order valence-corrected chi connectivity index (χ1v) is 8.14. The third-order valence-electron chi connectivity index (χ3n) is 4.05. The van der Waals surface area contributed by atoms with Gasteiger partial charge in [0, 0.05) is 24.0 Å². The maximum atomic E-state index is 12.2. The molecule has 21 heavy (non-hydrogen) atoms. The van der Waals surface area contributed by atoms with Crippen LogP contribution in [0.1, 0.15) is 44.6 Å². The Balaban J connectivity index is 1.73. The Morgan fingerprint density at radius 1 is 1.43 bits per heavy atom. The molecule has 1 unspecified atom stereocenters. The highest BCUT2D eigenvalue weighted by Crippen LogP contribution is 2.22. The number of hydrogen-bond donors (Lipinski definition) is 0. The van der Waals surface area contributed by atoms with Crippen molar-refractivity contribution < 1.29 is 9.53 Å². The zero-order valence-electron chi connectivity index (χ0n) is 12.9. The fourth-order valence-electron chi connectivity index (χ4n) is 2.79. The molecule has 1 saturated heterocycles. The summed E-state index contributed by atoms with van der Waals surface area (Å²) < 4.78 is 5.73. The van der Waals surface area contributed by atoms with Crippen molar-refractivity contribution in [3.05, 3.63) is 28.8 Å². The Morgan fingerprint density at radius 2 is 2.24 bits per heavy atom. The molecule has 0 aromatic heterocycles. The van der Waals surface area contributed by atoms with Crippen molar-refractivity contribution in [3.63, 3.8) is 0 Å². The van der Waals surface area contributed by atoms with Gasteiger partial charge in [-0.15, -0.1) is 0 Å². The quantitative estimate of drug-likeness (QED) is 0.763. The van der Waals surface area contributed by atoms with E-state index in [0.717, 1.165) is 37.1 Å². The molecule has 0 saturated carbocycles. The monoisotopic (exact) mass is 309 g/mol. The molecule has 1 amide bonds. The van der Waals surface area contributed by atoms with Gasteiger partial charge in [-0.25, -0.2) is 0 Å². The average Bonchev–Trinajstić information content (AvgIpc) is 2.45. The first-order valence-electron chi connectivity index (χ1n) is 7.76. The molecule has 0 aliphatic carbocycles. The number of carbonyl (C=O) groups excluding carboxylic acids is 1. The highest BCUT2D eigenvalue weighted by molar-refractivity contribution is 6.30. The van der Waals surface area contributed by atoms with E-state index in [-0.39, 0.29) is 5.91 Å². The molecular weight excluding hydrogens is 286 g/mol. The molecule has 1 aliphatic rings. The van der Waals surface area contributed by atoms with Crippen molar-refractivity contribution in [1.29, 1.82) is 0 Å². The lowest BCUT2D eigenvalue weighted by molar-refractivity contribution is -0.134. The van der Waals surface area contributed by atoms with Crippen LogP contribution in [0.4, 0.5) is 0 Å². The number of piperidine rings is 1. The number of aryl methyl sites for hydroxylation is 1. The molecule has 1 heterocycles. The third-order valence-corrected chi connectivity index (χ3v) is 4.29. The summed E-state index contributed by atoms with van der Waals surface area (Å²) in [6.45, 7) is 5.60. The van der Waals surface area contributed by atoms with Crippen molar-refractivity contribution in [2.45, 2.75) is 52.0 Å². The van der Waals surface area contributed by atoms with Crippen molar-refractivity contribution in [1.82, 2.24) is 4.90 Å². The maximum absolute atomic E-state index is 12.2. The number of halogens is 1. The number of amides is 1. The second-order valence-electron chi connectivity index (χ2n) is 5.79. The Bertz CT molecular complexity index is 490. The lowest BCUT2D eigenvalue weighted by Gasteiger charge is -2.33. The van der Waals surface area contributed by atoms with E-state index in [1.54, 1.807) is 0 Å². The highest BCUT2D eigenvalue weighted by Gasteiger charge is 2.22. The van der Waals surface area contributed by atoms with Crippen LogP contribution in [-0.4, -0.2) is 30.0 Å². The van der Waals surface area contributed by atoms with Crippen LogP contribution in [0.3, 0.4) is 0 Å². The predicted octanol–water partition coefficient (Wildman–Crippen LogP) is 4.21. The molecular formula is C17H24ClNO2. The van der Waals surface area contributed by atoms with Gasteiger partial charge < -0.3 is 9.64 Å². The predicted molar refractivity (Wildman–Crippen MR) is 85.9 cm³/mol. The van der Waals surface area contributed by atoms with E-state index in [4.69, 9.17) is 16.3 Å². The smallest absolute Gasteiger partial charge is 0.222 e. The Morgan fingerprint density at radius 3 is 2.95 bits per heavy atom. The molecule has 0 N–H and O–H groups in total. The minimum absolute atomic E-state index is 0.263. The topological polar surface area (TPSA) is 29.5 Å². The third kappa shape index (κ3) is 4.63. The van der Waals surface area contributed by atoms with Gasteiger partial charge in [0.1, 0.15) is 5.75 Å². The molecule has 2 rings (SSSR count). The van der Waals surface area contributed by atoms with E-state index >= 15 is 0 Å². The van der Waals surface area contributed by atoms with Crippen molar-refractivity contribution in [3.8, 4) is 5.75 Å². The summed E-state index contributed by atoms with van der Waals surface area (Å²) in [5.41, 5.74) is 1.03. The van der Waals surface area contributed by atoms with E-state index in [1.807, 2.05) is 30.0 Å². The number of hydrogen-bond acceptors (Lipinski definition) is 2. The molecule has 1 aromatic carbocycles. The van der Waals surface area contributed by atoms with Crippen molar-refractivity contribution in [2.24, 2.45) is 0 Å². The number of likely N-dealkylation sites (tertiary alicyclic amines) is 1. The van der Waals surface area contributed by atoms with Crippen LogP contribution in [0.15, 0.2) is 18.2 Å². The van der Waals surface area contributed by atoms with Gasteiger partial charge in [-0.3, -0.25) is 4.79 Å². The maximum Gasteiger partial charge on any atom is 0.222 e. The SMILES string of the molecule is Cc1cc(Cl)ccc1OCCCC(=O)N1CCCCC1C. The zero-order valence-corrected chi connectivity index (χ0v) is 13.7. The second kappa shape index (κ2) is 7.69. The van der Waals surface area contributed by atoms with Crippen LogP contribution in [-0.2, 0) is 4.79 Å². The van der Waals surface area contributed by atoms with Crippen LogP contribution in [0.25, 0.3) is 0 Å². The number of benzene rings is 1. The zero-order chi connectivity index (χ0) is 15.2. The van der Waals surface area contributed by atoms with E-state index < -0.39 is 0 Å². The largest absolute Gasteiger partial charge is 0.493 e. The molecule has 0 bridgehead atoms. The molecule has 1 aromatic rings. The summed E-state index contributed by atoms with van der Waals surface area (Å²) in [6.07, 6.45) is 4.83. The summed E-state index contributed by atoms with van der Waals surface area (Å²) in [6, 6.07) is 5.99. The Labute approximate surface area is 132 Å². The van der Waals surface area contributed by atoms with E-state index in [1.165, 1.54) is 6.42 Å². The number of ether oxygens (including phenoxy) is 1. The van der Waals surface area contributed by atoms with Gasteiger partial charge in [0.05, 0.1) is 6.61 Å². The fraction of sp³-hybridized carbons (Fsp3) is 0.588. The van der Waals surface area contributed by atoms with Gasteiger partial charge in [-0.2, -0.15) is 0 Å². The van der Waals surface area contributed by atoms with Crippen LogP contribution < -0.4 is 4.74 Å². The van der Waals surface area contributed by atoms with Crippen LogP contribution in [0.2, 0.25) is 5.02 Å². The summed E-state index contributed by atoms with van der Waals surface area (Å²) in [5, 5.41) is 0.717. The van der Waals surface area contributed by atoms with Gasteiger partial charge >= 0.3 is 0 Å². The van der Waals surface area contributed by atoms with Gasteiger partial charge in [0.2, 0.25) is 5.91 Å². The van der Waals surface area contributed by atoms with Crippen molar-refractivity contribution >= 4 is 17.5 Å². The first kappa shape index (κ1) is 16.2. The molecule has 3 nitrogen and oxygen atoms in total. The second-order valence-corrected chi connectivity index (χ2v) is 6.23.